The topological polar surface area (TPSA) is 97.2 Å². The van der Waals surface area contributed by atoms with Crippen LogP contribution in [0.5, 0.6) is 0 Å². The number of halogens is 1. The van der Waals surface area contributed by atoms with E-state index >= 15 is 0 Å². The first kappa shape index (κ1) is 24.2. The van der Waals surface area contributed by atoms with Crippen molar-refractivity contribution in [2.45, 2.75) is 45.3 Å². The first-order valence-corrected chi connectivity index (χ1v) is 12.9. The molecule has 0 saturated carbocycles. The van der Waals surface area contributed by atoms with Crippen molar-refractivity contribution in [1.29, 1.82) is 0 Å². The SMILES string of the molecule is CC(C)(C)OC(=O)N[C@H]1CCc2cc(-c3nc4c(-c5cn[nH]c5)cc(Cl)nn4c3-c3ccccc3)ccc21. The third kappa shape index (κ3) is 4.52. The van der Waals surface area contributed by atoms with Crippen molar-refractivity contribution in [2.75, 3.05) is 0 Å². The Morgan fingerprint density at radius 3 is 2.66 bits per heavy atom. The number of carbonyl (C=O) groups excluding carboxylic acids is 1. The molecule has 38 heavy (non-hydrogen) atoms. The van der Waals surface area contributed by atoms with Crippen LogP contribution < -0.4 is 5.32 Å². The van der Waals surface area contributed by atoms with Gasteiger partial charge in [0.2, 0.25) is 0 Å². The molecule has 0 spiro atoms. The number of H-pyrrole nitrogens is 1. The highest BCUT2D eigenvalue weighted by molar-refractivity contribution is 6.29. The number of amides is 1. The van der Waals surface area contributed by atoms with E-state index in [4.69, 9.17) is 21.3 Å². The molecule has 0 fully saturated rings. The van der Waals surface area contributed by atoms with Gasteiger partial charge in [-0.1, -0.05) is 54.1 Å². The summed E-state index contributed by atoms with van der Waals surface area (Å²) in [5.74, 6) is 0. The number of carbonyl (C=O) groups is 1. The van der Waals surface area contributed by atoms with Gasteiger partial charge in [-0.2, -0.15) is 10.2 Å². The van der Waals surface area contributed by atoms with Crippen LogP contribution in [0.1, 0.15) is 44.4 Å². The van der Waals surface area contributed by atoms with Crippen LogP contribution in [-0.2, 0) is 11.2 Å². The Bertz CT molecular complexity index is 1640. The molecule has 0 saturated heterocycles. The summed E-state index contributed by atoms with van der Waals surface area (Å²) in [5, 5.41) is 15.0. The van der Waals surface area contributed by atoms with E-state index in [9.17, 15) is 4.79 Å². The first-order chi connectivity index (χ1) is 18.3. The van der Waals surface area contributed by atoms with Gasteiger partial charge in [0.1, 0.15) is 11.3 Å². The Hall–Kier alpha value is -4.17. The maximum atomic E-state index is 12.4. The summed E-state index contributed by atoms with van der Waals surface area (Å²) in [7, 11) is 0. The molecule has 8 nitrogen and oxygen atoms in total. The Morgan fingerprint density at radius 2 is 1.92 bits per heavy atom. The second kappa shape index (κ2) is 9.29. The van der Waals surface area contributed by atoms with Gasteiger partial charge in [0, 0.05) is 28.5 Å². The van der Waals surface area contributed by atoms with Crippen molar-refractivity contribution in [3.05, 3.63) is 83.3 Å². The zero-order valence-electron chi connectivity index (χ0n) is 21.3. The van der Waals surface area contributed by atoms with Crippen LogP contribution in [0.25, 0.3) is 39.3 Å². The van der Waals surface area contributed by atoms with Gasteiger partial charge in [0.15, 0.2) is 10.8 Å². The highest BCUT2D eigenvalue weighted by Gasteiger charge is 2.28. The molecule has 192 valence electrons. The van der Waals surface area contributed by atoms with Gasteiger partial charge in [0.25, 0.3) is 0 Å². The summed E-state index contributed by atoms with van der Waals surface area (Å²) in [6.45, 7) is 5.59. The van der Waals surface area contributed by atoms with Gasteiger partial charge in [-0.3, -0.25) is 5.10 Å². The molecule has 6 rings (SSSR count). The maximum Gasteiger partial charge on any atom is 0.408 e. The predicted molar refractivity (Wildman–Crippen MR) is 147 cm³/mol. The summed E-state index contributed by atoms with van der Waals surface area (Å²) in [6, 6.07) is 18.1. The quantitative estimate of drug-likeness (QED) is 0.274. The fourth-order valence-corrected chi connectivity index (χ4v) is 5.21. The number of imidazole rings is 1. The van der Waals surface area contributed by atoms with Crippen molar-refractivity contribution in [2.24, 2.45) is 0 Å². The largest absolute Gasteiger partial charge is 0.444 e. The van der Waals surface area contributed by atoms with Crippen molar-refractivity contribution >= 4 is 23.3 Å². The highest BCUT2D eigenvalue weighted by Crippen LogP contribution is 2.39. The molecule has 1 aliphatic carbocycles. The van der Waals surface area contributed by atoms with Crippen molar-refractivity contribution < 1.29 is 9.53 Å². The summed E-state index contributed by atoms with van der Waals surface area (Å²) in [5.41, 5.74) is 7.76. The molecule has 1 amide bonds. The number of aryl methyl sites for hydroxylation is 1. The van der Waals surface area contributed by atoms with Crippen LogP contribution in [0.2, 0.25) is 5.15 Å². The second-order valence-electron chi connectivity index (χ2n) is 10.4. The Labute approximate surface area is 225 Å². The molecule has 5 aromatic rings. The molecule has 9 heteroatoms. The standard InChI is InChI=1S/C29H27ClN6O2/c1-29(2,3)38-28(37)33-23-12-10-18-13-19(9-11-21(18)23)25-26(17-7-5-4-6-8-17)36-27(34-25)22(14-24(30)35-36)20-15-31-32-16-20/h4-9,11,13-16,23H,10,12H2,1-3H3,(H,31,32)(H,33,37)/t23-/m0/s1. The lowest BCUT2D eigenvalue weighted by atomic mass is 10.00. The van der Waals surface area contributed by atoms with Gasteiger partial charge in [0.05, 0.1) is 17.9 Å². The molecule has 0 unspecified atom stereocenters. The number of nitrogens with one attached hydrogen (secondary N) is 2. The van der Waals surface area contributed by atoms with Crippen LogP contribution in [0.4, 0.5) is 4.79 Å². The zero-order chi connectivity index (χ0) is 26.4. The number of hydrogen-bond donors (Lipinski definition) is 2. The molecule has 1 aliphatic rings. The van der Waals surface area contributed by atoms with E-state index in [1.54, 1.807) is 6.20 Å². The predicted octanol–water partition coefficient (Wildman–Crippen LogP) is 6.62. The average Bonchev–Trinajstić information content (AvgIpc) is 3.62. The van der Waals surface area contributed by atoms with Gasteiger partial charge < -0.3 is 10.1 Å². The number of hydrogen-bond acceptors (Lipinski definition) is 5. The van der Waals surface area contributed by atoms with Crippen LogP contribution in [0, 0.1) is 0 Å². The zero-order valence-corrected chi connectivity index (χ0v) is 22.1. The Kier molecular flexibility index (Phi) is 5.91. The minimum Gasteiger partial charge on any atom is -0.444 e. The molecule has 0 aliphatic heterocycles. The number of aromatic amines is 1. The van der Waals surface area contributed by atoms with Crippen LogP contribution in [0.15, 0.2) is 67.0 Å². The van der Waals surface area contributed by atoms with Crippen molar-refractivity contribution in [3.63, 3.8) is 0 Å². The summed E-state index contributed by atoms with van der Waals surface area (Å²) < 4.78 is 7.29. The van der Waals surface area contributed by atoms with Crippen LogP contribution in [-0.4, -0.2) is 36.5 Å². The van der Waals surface area contributed by atoms with Gasteiger partial charge in [-0.15, -0.1) is 0 Å². The van der Waals surface area contributed by atoms with E-state index in [0.717, 1.165) is 52.0 Å². The molecule has 2 aromatic carbocycles. The summed E-state index contributed by atoms with van der Waals surface area (Å²) >= 11 is 6.49. The molecule has 0 bridgehead atoms. The molecule has 0 radical (unpaired) electrons. The number of nitrogens with zero attached hydrogens (tertiary/aromatic N) is 4. The molecule has 3 heterocycles. The van der Waals surface area contributed by atoms with Crippen LogP contribution in [0.3, 0.4) is 0 Å². The number of aromatic nitrogens is 5. The van der Waals surface area contributed by atoms with E-state index in [1.165, 1.54) is 5.56 Å². The highest BCUT2D eigenvalue weighted by atomic mass is 35.5. The lowest BCUT2D eigenvalue weighted by Gasteiger charge is -2.22. The van der Waals surface area contributed by atoms with E-state index in [-0.39, 0.29) is 6.04 Å². The lowest BCUT2D eigenvalue weighted by Crippen LogP contribution is -2.34. The Morgan fingerprint density at radius 1 is 1.11 bits per heavy atom. The molecular weight excluding hydrogens is 500 g/mol. The van der Waals surface area contributed by atoms with E-state index < -0.39 is 11.7 Å². The summed E-state index contributed by atoms with van der Waals surface area (Å²) in [6.07, 6.45) is 4.82. The van der Waals surface area contributed by atoms with Gasteiger partial charge in [-0.25, -0.2) is 14.3 Å². The second-order valence-corrected chi connectivity index (χ2v) is 10.8. The third-order valence-electron chi connectivity index (χ3n) is 6.60. The van der Waals surface area contributed by atoms with Gasteiger partial charge >= 0.3 is 6.09 Å². The minimum absolute atomic E-state index is 0.0864. The fourth-order valence-electron chi connectivity index (χ4n) is 5.02. The first-order valence-electron chi connectivity index (χ1n) is 12.5. The molecular formula is C29H27ClN6O2. The van der Waals surface area contributed by atoms with Crippen molar-refractivity contribution in [1.82, 2.24) is 30.1 Å². The van der Waals surface area contributed by atoms with Crippen molar-refractivity contribution in [3.8, 4) is 33.6 Å². The number of rotatable bonds is 4. The number of benzene rings is 2. The van der Waals surface area contributed by atoms with Gasteiger partial charge in [-0.05, 0) is 56.9 Å². The minimum atomic E-state index is -0.543. The Balaban J connectivity index is 1.46. The number of alkyl carbamates (subject to hydrolysis) is 1. The van der Waals surface area contributed by atoms with E-state index in [1.807, 2.05) is 67.9 Å². The molecule has 1 atom stereocenters. The van der Waals surface area contributed by atoms with E-state index in [0.29, 0.717) is 10.8 Å². The van der Waals surface area contributed by atoms with Crippen LogP contribution >= 0.6 is 11.6 Å². The maximum absolute atomic E-state index is 12.4. The van der Waals surface area contributed by atoms with E-state index in [2.05, 4.69) is 38.8 Å². The smallest absolute Gasteiger partial charge is 0.408 e. The summed E-state index contributed by atoms with van der Waals surface area (Å²) in [4.78, 5) is 17.5. The molecule has 3 aromatic heterocycles. The third-order valence-corrected chi connectivity index (χ3v) is 6.78. The normalized spacial score (nSPS) is 15.0. The monoisotopic (exact) mass is 526 g/mol. The fraction of sp³-hybridized carbons (Fsp3) is 0.241. The molecule has 2 N–H and O–H groups in total. The average molecular weight is 527 g/mol. The lowest BCUT2D eigenvalue weighted by molar-refractivity contribution is 0.0503. The number of fused-ring (bicyclic) bond motifs is 2. The number of ether oxygens (including phenoxy) is 1.